The van der Waals surface area contributed by atoms with Gasteiger partial charge in [0, 0.05) is 23.7 Å². The molecule has 0 atom stereocenters. The summed E-state index contributed by atoms with van der Waals surface area (Å²) in [6, 6.07) is 22.5. The standard InChI is InChI=1S/C23H22N4OS/c1-28-21-11-9-18(10-12-21)13-15-29-23-26-25-22(20-8-5-14-24-16-20)27(23)17-19-6-3-2-4-7-19/h2-12,14,16H,13,15,17H2,1H3. The van der Waals surface area contributed by atoms with Gasteiger partial charge in [-0.25, -0.2) is 0 Å². The van der Waals surface area contributed by atoms with Crippen LogP contribution >= 0.6 is 11.8 Å². The lowest BCUT2D eigenvalue weighted by Crippen LogP contribution is -2.04. The number of aromatic nitrogens is 4. The first kappa shape index (κ1) is 19.2. The van der Waals surface area contributed by atoms with Gasteiger partial charge in [-0.05, 0) is 41.8 Å². The van der Waals surface area contributed by atoms with Crippen molar-refractivity contribution in [1.82, 2.24) is 19.7 Å². The normalized spacial score (nSPS) is 10.8. The number of ether oxygens (including phenoxy) is 1. The van der Waals surface area contributed by atoms with Gasteiger partial charge in [0.25, 0.3) is 0 Å². The van der Waals surface area contributed by atoms with Crippen LogP contribution in [0.3, 0.4) is 0 Å². The van der Waals surface area contributed by atoms with E-state index in [1.807, 2.05) is 36.5 Å². The molecular formula is C23H22N4OS. The first-order chi connectivity index (χ1) is 14.3. The molecule has 4 aromatic rings. The van der Waals surface area contributed by atoms with Gasteiger partial charge in [-0.2, -0.15) is 0 Å². The van der Waals surface area contributed by atoms with E-state index in [2.05, 4.69) is 56.1 Å². The smallest absolute Gasteiger partial charge is 0.191 e. The van der Waals surface area contributed by atoms with Crippen molar-refractivity contribution in [1.29, 1.82) is 0 Å². The summed E-state index contributed by atoms with van der Waals surface area (Å²) in [5.74, 6) is 2.64. The van der Waals surface area contributed by atoms with Crippen LogP contribution in [0.2, 0.25) is 0 Å². The van der Waals surface area contributed by atoms with E-state index in [-0.39, 0.29) is 0 Å². The Labute approximate surface area is 174 Å². The Morgan fingerprint density at radius 1 is 0.897 bits per heavy atom. The molecule has 146 valence electrons. The van der Waals surface area contributed by atoms with Crippen LogP contribution in [0.1, 0.15) is 11.1 Å². The SMILES string of the molecule is COc1ccc(CCSc2nnc(-c3cccnc3)n2Cc2ccccc2)cc1. The number of rotatable bonds is 8. The number of nitrogens with zero attached hydrogens (tertiary/aromatic N) is 4. The fourth-order valence-corrected chi connectivity index (χ4v) is 3.99. The van der Waals surface area contributed by atoms with Gasteiger partial charge in [-0.15, -0.1) is 10.2 Å². The van der Waals surface area contributed by atoms with Gasteiger partial charge in [0.1, 0.15) is 5.75 Å². The summed E-state index contributed by atoms with van der Waals surface area (Å²) in [7, 11) is 1.68. The molecule has 5 nitrogen and oxygen atoms in total. The minimum atomic E-state index is 0.725. The third-order valence-electron chi connectivity index (χ3n) is 4.60. The van der Waals surface area contributed by atoms with Crippen LogP contribution in [-0.4, -0.2) is 32.6 Å². The molecule has 0 aliphatic heterocycles. The lowest BCUT2D eigenvalue weighted by Gasteiger charge is -2.10. The zero-order valence-electron chi connectivity index (χ0n) is 16.2. The summed E-state index contributed by atoms with van der Waals surface area (Å²) in [4.78, 5) is 4.24. The van der Waals surface area contributed by atoms with Crippen LogP contribution in [0.25, 0.3) is 11.4 Å². The molecule has 0 aliphatic carbocycles. The summed E-state index contributed by atoms with van der Waals surface area (Å²) in [5.41, 5.74) is 3.47. The molecule has 0 unspecified atom stereocenters. The second kappa shape index (κ2) is 9.39. The maximum atomic E-state index is 5.23. The molecule has 4 rings (SSSR count). The van der Waals surface area contributed by atoms with Gasteiger partial charge >= 0.3 is 0 Å². The van der Waals surface area contributed by atoms with Gasteiger partial charge in [0.15, 0.2) is 11.0 Å². The van der Waals surface area contributed by atoms with Gasteiger partial charge < -0.3 is 4.74 Å². The van der Waals surface area contributed by atoms with E-state index in [1.54, 1.807) is 25.1 Å². The highest BCUT2D eigenvalue weighted by Crippen LogP contribution is 2.25. The van der Waals surface area contributed by atoms with Crippen molar-refractivity contribution in [2.75, 3.05) is 12.9 Å². The van der Waals surface area contributed by atoms with Crippen molar-refractivity contribution < 1.29 is 4.74 Å². The topological polar surface area (TPSA) is 52.8 Å². The molecule has 0 fully saturated rings. The summed E-state index contributed by atoms with van der Waals surface area (Å²) in [5, 5.41) is 9.86. The van der Waals surface area contributed by atoms with Gasteiger partial charge in [0.05, 0.1) is 13.7 Å². The maximum absolute atomic E-state index is 5.23. The van der Waals surface area contributed by atoms with E-state index in [1.165, 1.54) is 11.1 Å². The molecule has 2 aromatic heterocycles. The largest absolute Gasteiger partial charge is 0.497 e. The highest BCUT2D eigenvalue weighted by molar-refractivity contribution is 7.99. The fraction of sp³-hybridized carbons (Fsp3) is 0.174. The van der Waals surface area contributed by atoms with Crippen LogP contribution < -0.4 is 4.74 Å². The van der Waals surface area contributed by atoms with Crippen molar-refractivity contribution >= 4 is 11.8 Å². The summed E-state index contributed by atoms with van der Waals surface area (Å²) in [6.07, 6.45) is 4.55. The molecule has 0 spiro atoms. The predicted molar refractivity (Wildman–Crippen MR) is 116 cm³/mol. The molecule has 0 N–H and O–H groups in total. The van der Waals surface area contributed by atoms with Gasteiger partial charge in [-0.1, -0.05) is 54.2 Å². The average molecular weight is 403 g/mol. The molecule has 0 aliphatic rings. The van der Waals surface area contributed by atoms with Crippen molar-refractivity contribution in [3.63, 3.8) is 0 Å². The van der Waals surface area contributed by atoms with Crippen LogP contribution in [-0.2, 0) is 13.0 Å². The molecule has 6 heteroatoms. The van der Waals surface area contributed by atoms with E-state index >= 15 is 0 Å². The fourth-order valence-electron chi connectivity index (χ4n) is 3.06. The maximum Gasteiger partial charge on any atom is 0.191 e. The van der Waals surface area contributed by atoms with E-state index < -0.39 is 0 Å². The zero-order chi connectivity index (χ0) is 19.9. The molecule has 2 heterocycles. The first-order valence-corrected chi connectivity index (χ1v) is 10.5. The summed E-state index contributed by atoms with van der Waals surface area (Å²) < 4.78 is 7.40. The number of benzene rings is 2. The molecule has 2 aromatic carbocycles. The van der Waals surface area contributed by atoms with Crippen LogP contribution in [0.4, 0.5) is 0 Å². The number of hydrogen-bond donors (Lipinski definition) is 0. The Kier molecular flexibility index (Phi) is 6.22. The second-order valence-electron chi connectivity index (χ2n) is 6.57. The molecule has 0 saturated heterocycles. The number of hydrogen-bond acceptors (Lipinski definition) is 5. The first-order valence-electron chi connectivity index (χ1n) is 9.47. The summed E-state index contributed by atoms with van der Waals surface area (Å²) in [6.45, 7) is 0.725. The Balaban J connectivity index is 1.53. The zero-order valence-corrected chi connectivity index (χ0v) is 17.0. The number of aryl methyl sites for hydroxylation is 1. The monoisotopic (exact) mass is 402 g/mol. The minimum absolute atomic E-state index is 0.725. The third kappa shape index (κ3) is 4.84. The van der Waals surface area contributed by atoms with Crippen LogP contribution in [0.5, 0.6) is 5.75 Å². The number of thioether (sulfide) groups is 1. The molecule has 0 bridgehead atoms. The second-order valence-corrected chi connectivity index (χ2v) is 7.63. The third-order valence-corrected chi connectivity index (χ3v) is 5.57. The van der Waals surface area contributed by atoms with Crippen LogP contribution in [0, 0.1) is 0 Å². The Bertz CT molecular complexity index is 1030. The predicted octanol–water partition coefficient (Wildman–Crippen LogP) is 4.73. The molecule has 0 radical (unpaired) electrons. The summed E-state index contributed by atoms with van der Waals surface area (Å²) >= 11 is 1.72. The van der Waals surface area contributed by atoms with Gasteiger partial charge in [-0.3, -0.25) is 9.55 Å². The van der Waals surface area contributed by atoms with Crippen molar-refractivity contribution in [2.24, 2.45) is 0 Å². The van der Waals surface area contributed by atoms with E-state index in [0.717, 1.165) is 41.0 Å². The Morgan fingerprint density at radius 2 is 1.72 bits per heavy atom. The Hall–Kier alpha value is -3.12. The van der Waals surface area contributed by atoms with Crippen molar-refractivity contribution in [3.8, 4) is 17.1 Å². The molecule has 0 amide bonds. The molecule has 29 heavy (non-hydrogen) atoms. The van der Waals surface area contributed by atoms with E-state index in [9.17, 15) is 0 Å². The average Bonchev–Trinajstić information content (AvgIpc) is 3.18. The van der Waals surface area contributed by atoms with Gasteiger partial charge in [0.2, 0.25) is 0 Å². The minimum Gasteiger partial charge on any atom is -0.497 e. The van der Waals surface area contributed by atoms with Crippen LogP contribution in [0.15, 0.2) is 84.3 Å². The lowest BCUT2D eigenvalue weighted by atomic mass is 10.2. The number of methoxy groups -OCH3 is 1. The lowest BCUT2D eigenvalue weighted by molar-refractivity contribution is 0.414. The highest BCUT2D eigenvalue weighted by atomic mass is 32.2. The quantitative estimate of drug-likeness (QED) is 0.399. The Morgan fingerprint density at radius 3 is 2.45 bits per heavy atom. The van der Waals surface area contributed by atoms with E-state index in [4.69, 9.17) is 4.74 Å². The molecular weight excluding hydrogens is 380 g/mol. The molecule has 0 saturated carbocycles. The number of pyridine rings is 1. The van der Waals surface area contributed by atoms with Crippen molar-refractivity contribution in [2.45, 2.75) is 18.1 Å². The van der Waals surface area contributed by atoms with Crippen molar-refractivity contribution in [3.05, 3.63) is 90.3 Å². The highest BCUT2D eigenvalue weighted by Gasteiger charge is 2.15. The van der Waals surface area contributed by atoms with E-state index in [0.29, 0.717) is 0 Å².